The van der Waals surface area contributed by atoms with Crippen LogP contribution in [0.15, 0.2) is 0 Å². The van der Waals surface area contributed by atoms with E-state index < -0.39 is 0 Å². The van der Waals surface area contributed by atoms with Crippen molar-refractivity contribution in [2.45, 2.75) is 70.8 Å². The molecule has 1 rings (SSSR count). The van der Waals surface area contributed by atoms with Gasteiger partial charge in [-0.3, -0.25) is 0 Å². The Hall–Kier alpha value is -0.120. The van der Waals surface area contributed by atoms with Gasteiger partial charge < -0.3 is 15.6 Å². The minimum absolute atomic E-state index is 0.268. The summed E-state index contributed by atoms with van der Waals surface area (Å²) in [6, 6.07) is 0. The molecule has 1 unspecified atom stereocenters. The van der Waals surface area contributed by atoms with Crippen molar-refractivity contribution in [1.29, 1.82) is 0 Å². The van der Waals surface area contributed by atoms with Gasteiger partial charge in [-0.25, -0.2) is 0 Å². The van der Waals surface area contributed by atoms with Crippen LogP contribution >= 0.6 is 0 Å². The summed E-state index contributed by atoms with van der Waals surface area (Å²) >= 11 is 0. The van der Waals surface area contributed by atoms with Gasteiger partial charge in [0.05, 0.1) is 19.3 Å². The molecule has 17 heavy (non-hydrogen) atoms. The lowest BCUT2D eigenvalue weighted by Gasteiger charge is -2.06. The zero-order chi connectivity index (χ0) is 12.8. The highest BCUT2D eigenvalue weighted by molar-refractivity contribution is 4.55. The summed E-state index contributed by atoms with van der Waals surface area (Å²) in [7, 11) is 0. The monoisotopic (exact) mass is 245 g/mol. The molecule has 0 amide bonds. The minimum atomic E-state index is -0.268. The Morgan fingerprint density at radius 2 is 1.47 bits per heavy atom. The number of unbranched alkanes of at least 4 members (excludes halogenated alkanes) is 7. The van der Waals surface area contributed by atoms with Gasteiger partial charge in [0.1, 0.15) is 0 Å². The number of hydrogen-bond donors (Lipinski definition) is 2. The van der Waals surface area contributed by atoms with Crippen LogP contribution in [0.3, 0.4) is 0 Å². The SMILES string of the molecule is C1CO1.CCCCCCCCCCC(O)CN. The maximum atomic E-state index is 9.21. The Labute approximate surface area is 107 Å². The van der Waals surface area contributed by atoms with Crippen molar-refractivity contribution < 1.29 is 9.84 Å². The lowest BCUT2D eigenvalue weighted by molar-refractivity contribution is 0.168. The third-order valence-corrected chi connectivity index (χ3v) is 2.87. The first-order chi connectivity index (χ1) is 8.31. The second-order valence-corrected chi connectivity index (χ2v) is 4.77. The summed E-state index contributed by atoms with van der Waals surface area (Å²) < 4.78 is 4.50. The number of epoxide rings is 1. The largest absolute Gasteiger partial charge is 0.392 e. The van der Waals surface area contributed by atoms with E-state index in [4.69, 9.17) is 5.73 Å². The van der Waals surface area contributed by atoms with Crippen LogP contribution in [0.2, 0.25) is 0 Å². The van der Waals surface area contributed by atoms with Crippen molar-refractivity contribution in [3.05, 3.63) is 0 Å². The first-order valence-corrected chi connectivity index (χ1v) is 7.27. The molecule has 0 bridgehead atoms. The fraction of sp³-hybridized carbons (Fsp3) is 1.00. The predicted molar refractivity (Wildman–Crippen MR) is 73.1 cm³/mol. The number of aliphatic hydroxyl groups is 1. The van der Waals surface area contributed by atoms with Crippen molar-refractivity contribution in [2.24, 2.45) is 5.73 Å². The molecule has 0 aliphatic carbocycles. The molecule has 104 valence electrons. The fourth-order valence-electron chi connectivity index (χ4n) is 1.63. The lowest BCUT2D eigenvalue weighted by atomic mass is 10.1. The van der Waals surface area contributed by atoms with Gasteiger partial charge in [0.2, 0.25) is 0 Å². The molecule has 3 heteroatoms. The standard InChI is InChI=1S/C12H27NO.C2H4O/c1-2-3-4-5-6-7-8-9-10-12(14)11-13;1-2-3-1/h12,14H,2-11,13H2,1H3;1-2H2. The molecule has 0 aromatic heterocycles. The van der Waals surface area contributed by atoms with E-state index in [1.54, 1.807) is 0 Å². The quantitative estimate of drug-likeness (QED) is 0.459. The van der Waals surface area contributed by atoms with Crippen LogP contribution in [0.1, 0.15) is 64.7 Å². The fourth-order valence-corrected chi connectivity index (χ4v) is 1.63. The molecule has 0 saturated carbocycles. The van der Waals surface area contributed by atoms with Gasteiger partial charge in [-0.05, 0) is 6.42 Å². The first kappa shape index (κ1) is 16.9. The van der Waals surface area contributed by atoms with Crippen LogP contribution < -0.4 is 5.73 Å². The maximum Gasteiger partial charge on any atom is 0.0701 e. The molecule has 0 radical (unpaired) electrons. The molecule has 0 aromatic rings. The molecule has 3 N–H and O–H groups in total. The summed E-state index contributed by atoms with van der Waals surface area (Å²) in [4.78, 5) is 0. The molecule has 1 fully saturated rings. The van der Waals surface area contributed by atoms with Crippen LogP contribution in [0.4, 0.5) is 0 Å². The molecule has 1 aliphatic heterocycles. The Bertz CT molecular complexity index is 137. The van der Waals surface area contributed by atoms with Gasteiger partial charge in [-0.2, -0.15) is 0 Å². The molecule has 0 spiro atoms. The highest BCUT2D eigenvalue weighted by atomic mass is 16.6. The zero-order valence-electron chi connectivity index (χ0n) is 11.5. The number of ether oxygens (including phenoxy) is 1. The Morgan fingerprint density at radius 1 is 1.00 bits per heavy atom. The highest BCUT2D eigenvalue weighted by Crippen LogP contribution is 2.10. The van der Waals surface area contributed by atoms with Crippen LogP contribution in [-0.2, 0) is 4.74 Å². The molecule has 3 nitrogen and oxygen atoms in total. The van der Waals surface area contributed by atoms with E-state index in [-0.39, 0.29) is 6.10 Å². The van der Waals surface area contributed by atoms with Crippen LogP contribution in [0.5, 0.6) is 0 Å². The number of rotatable bonds is 10. The van der Waals surface area contributed by atoms with Gasteiger partial charge >= 0.3 is 0 Å². The smallest absolute Gasteiger partial charge is 0.0701 e. The zero-order valence-corrected chi connectivity index (χ0v) is 11.5. The molecular formula is C14H31NO2. The van der Waals surface area contributed by atoms with Gasteiger partial charge in [0.15, 0.2) is 0 Å². The molecule has 1 aliphatic rings. The topological polar surface area (TPSA) is 58.8 Å². The summed E-state index contributed by atoms with van der Waals surface area (Å²) in [6.07, 6.45) is 11.2. The van der Waals surface area contributed by atoms with Crippen molar-refractivity contribution in [2.75, 3.05) is 19.8 Å². The van der Waals surface area contributed by atoms with Gasteiger partial charge in [0.25, 0.3) is 0 Å². The molecule has 0 aromatic carbocycles. The van der Waals surface area contributed by atoms with Gasteiger partial charge in [-0.15, -0.1) is 0 Å². The summed E-state index contributed by atoms with van der Waals surface area (Å²) in [5.41, 5.74) is 5.32. The van der Waals surface area contributed by atoms with E-state index in [9.17, 15) is 5.11 Å². The Kier molecular flexibility index (Phi) is 13.8. The first-order valence-electron chi connectivity index (χ1n) is 7.27. The minimum Gasteiger partial charge on any atom is -0.392 e. The summed E-state index contributed by atoms with van der Waals surface area (Å²) in [6.45, 7) is 4.66. The Balaban J connectivity index is 0.000000728. The molecule has 1 saturated heterocycles. The third-order valence-electron chi connectivity index (χ3n) is 2.87. The second-order valence-electron chi connectivity index (χ2n) is 4.77. The summed E-state index contributed by atoms with van der Waals surface area (Å²) in [5, 5.41) is 9.21. The van der Waals surface area contributed by atoms with Crippen LogP contribution in [-0.4, -0.2) is 31.0 Å². The normalized spacial score (nSPS) is 15.0. The molecule has 1 atom stereocenters. The van der Waals surface area contributed by atoms with Crippen molar-refractivity contribution in [3.8, 4) is 0 Å². The average molecular weight is 245 g/mol. The second kappa shape index (κ2) is 13.9. The maximum absolute atomic E-state index is 9.21. The van der Waals surface area contributed by atoms with E-state index in [0.29, 0.717) is 6.54 Å². The average Bonchev–Trinajstić information content (AvgIpc) is 3.20. The number of nitrogens with two attached hydrogens (primary N) is 1. The van der Waals surface area contributed by atoms with Crippen molar-refractivity contribution >= 4 is 0 Å². The summed E-state index contributed by atoms with van der Waals surface area (Å²) in [5.74, 6) is 0. The number of hydrogen-bond acceptors (Lipinski definition) is 3. The predicted octanol–water partition coefficient (Wildman–Crippen LogP) is 2.85. The van der Waals surface area contributed by atoms with Crippen molar-refractivity contribution in [1.82, 2.24) is 0 Å². The van der Waals surface area contributed by atoms with E-state index in [0.717, 1.165) is 26.1 Å². The highest BCUT2D eigenvalue weighted by Gasteiger charge is 1.99. The van der Waals surface area contributed by atoms with E-state index in [2.05, 4.69) is 11.7 Å². The van der Waals surface area contributed by atoms with Crippen LogP contribution in [0.25, 0.3) is 0 Å². The van der Waals surface area contributed by atoms with E-state index in [1.165, 1.54) is 44.9 Å². The van der Waals surface area contributed by atoms with Crippen LogP contribution in [0, 0.1) is 0 Å². The van der Waals surface area contributed by atoms with Gasteiger partial charge in [-0.1, -0.05) is 58.3 Å². The third kappa shape index (κ3) is 18.4. The molecule has 1 heterocycles. The Morgan fingerprint density at radius 3 is 1.88 bits per heavy atom. The van der Waals surface area contributed by atoms with Gasteiger partial charge in [0, 0.05) is 6.54 Å². The lowest BCUT2D eigenvalue weighted by Crippen LogP contribution is -2.19. The van der Waals surface area contributed by atoms with E-state index in [1.807, 2.05) is 0 Å². The van der Waals surface area contributed by atoms with Crippen molar-refractivity contribution in [3.63, 3.8) is 0 Å². The number of aliphatic hydroxyl groups excluding tert-OH is 1. The van der Waals surface area contributed by atoms with E-state index >= 15 is 0 Å². The molecular weight excluding hydrogens is 214 g/mol.